The second kappa shape index (κ2) is 4.93. The first-order valence-corrected chi connectivity index (χ1v) is 6.00. The van der Waals surface area contributed by atoms with E-state index in [0.717, 1.165) is 0 Å². The van der Waals surface area contributed by atoms with Crippen molar-refractivity contribution in [2.24, 2.45) is 5.92 Å². The number of hydrogen-bond acceptors (Lipinski definition) is 2. The smallest absolute Gasteiger partial charge is 0.321 e. The Balaban J connectivity index is 1.94. The summed E-state index contributed by atoms with van der Waals surface area (Å²) >= 11 is 3.11. The molecule has 7 heteroatoms. The lowest BCUT2D eigenvalue weighted by molar-refractivity contribution is -0.145. The van der Waals surface area contributed by atoms with Crippen LogP contribution in [0.4, 0.5) is 14.9 Å². The number of carbonyl (C=O) groups is 2. The van der Waals surface area contributed by atoms with Crippen LogP contribution in [0.2, 0.25) is 0 Å². The van der Waals surface area contributed by atoms with Gasteiger partial charge < -0.3 is 15.3 Å². The summed E-state index contributed by atoms with van der Waals surface area (Å²) in [6.07, 6.45) is 0. The standard InChI is InChI=1S/C11H10BrFN2O3/c12-7-1-2-9(8(13)3-7)14-11(18)15-4-6(5-15)10(16)17/h1-3,6H,4-5H2,(H,14,18)(H,16,17). The van der Waals surface area contributed by atoms with Crippen LogP contribution in [0.5, 0.6) is 0 Å². The number of nitrogens with zero attached hydrogens (tertiary/aromatic N) is 1. The van der Waals surface area contributed by atoms with Gasteiger partial charge in [0.05, 0.1) is 11.6 Å². The van der Waals surface area contributed by atoms with Crippen molar-refractivity contribution in [3.8, 4) is 0 Å². The summed E-state index contributed by atoms with van der Waals surface area (Å²) in [5.41, 5.74) is 0.0713. The number of aliphatic carboxylic acids is 1. The van der Waals surface area contributed by atoms with Gasteiger partial charge >= 0.3 is 12.0 Å². The van der Waals surface area contributed by atoms with E-state index < -0.39 is 23.7 Å². The fourth-order valence-corrected chi connectivity index (χ4v) is 1.92. The van der Waals surface area contributed by atoms with E-state index >= 15 is 0 Å². The molecule has 0 aliphatic carbocycles. The van der Waals surface area contributed by atoms with Crippen molar-refractivity contribution in [3.05, 3.63) is 28.5 Å². The summed E-state index contributed by atoms with van der Waals surface area (Å²) in [6, 6.07) is 3.79. The number of anilines is 1. The number of carboxylic acid groups (broad SMARTS) is 1. The van der Waals surface area contributed by atoms with Crippen LogP contribution in [0.1, 0.15) is 0 Å². The van der Waals surface area contributed by atoms with Gasteiger partial charge in [0.2, 0.25) is 0 Å². The van der Waals surface area contributed by atoms with Gasteiger partial charge in [0.1, 0.15) is 5.82 Å². The van der Waals surface area contributed by atoms with Gasteiger partial charge in [-0.05, 0) is 18.2 Å². The number of amides is 2. The molecule has 1 heterocycles. The van der Waals surface area contributed by atoms with Gasteiger partial charge in [-0.3, -0.25) is 4.79 Å². The average molecular weight is 317 g/mol. The van der Waals surface area contributed by atoms with Crippen molar-refractivity contribution in [2.75, 3.05) is 18.4 Å². The Hall–Kier alpha value is -1.63. The molecule has 96 valence electrons. The lowest BCUT2D eigenvalue weighted by Crippen LogP contribution is -2.54. The predicted octanol–water partition coefficient (Wildman–Crippen LogP) is 2.14. The first-order chi connectivity index (χ1) is 8.47. The Kier molecular flexibility index (Phi) is 3.51. The topological polar surface area (TPSA) is 69.6 Å². The van der Waals surface area contributed by atoms with E-state index in [9.17, 15) is 14.0 Å². The summed E-state index contributed by atoms with van der Waals surface area (Å²) in [5.74, 6) is -1.99. The van der Waals surface area contributed by atoms with Crippen molar-refractivity contribution in [3.63, 3.8) is 0 Å². The molecule has 0 spiro atoms. The molecule has 0 saturated carbocycles. The summed E-state index contributed by atoms with van der Waals surface area (Å²) in [5, 5.41) is 11.1. The summed E-state index contributed by atoms with van der Waals surface area (Å²) in [7, 11) is 0. The molecule has 1 saturated heterocycles. The van der Waals surface area contributed by atoms with Crippen molar-refractivity contribution in [1.29, 1.82) is 0 Å². The van der Waals surface area contributed by atoms with E-state index in [2.05, 4.69) is 21.2 Å². The monoisotopic (exact) mass is 316 g/mol. The molecular formula is C11H10BrFN2O3. The maximum Gasteiger partial charge on any atom is 0.321 e. The molecule has 5 nitrogen and oxygen atoms in total. The van der Waals surface area contributed by atoms with Crippen LogP contribution < -0.4 is 5.32 Å². The molecule has 0 aromatic heterocycles. The van der Waals surface area contributed by atoms with Gasteiger partial charge in [-0.1, -0.05) is 15.9 Å². The van der Waals surface area contributed by atoms with E-state index in [1.807, 2.05) is 0 Å². The maximum atomic E-state index is 13.4. The molecule has 2 amide bonds. The highest BCUT2D eigenvalue weighted by Crippen LogP contribution is 2.21. The maximum absolute atomic E-state index is 13.4. The summed E-state index contributed by atoms with van der Waals surface area (Å²) in [4.78, 5) is 23.5. The fraction of sp³-hybridized carbons (Fsp3) is 0.273. The van der Waals surface area contributed by atoms with Gasteiger partial charge in [-0.25, -0.2) is 9.18 Å². The normalized spacial score (nSPS) is 15.1. The first kappa shape index (κ1) is 12.8. The lowest BCUT2D eigenvalue weighted by atomic mass is 10.0. The highest BCUT2D eigenvalue weighted by Gasteiger charge is 2.35. The third kappa shape index (κ3) is 2.61. The molecule has 0 atom stereocenters. The zero-order valence-electron chi connectivity index (χ0n) is 9.19. The minimum absolute atomic E-state index is 0.0713. The Bertz CT molecular complexity index is 503. The Morgan fingerprint density at radius 3 is 2.67 bits per heavy atom. The van der Waals surface area contributed by atoms with Crippen molar-refractivity contribution >= 4 is 33.6 Å². The molecule has 0 bridgehead atoms. The molecule has 0 unspecified atom stereocenters. The third-order valence-electron chi connectivity index (χ3n) is 2.69. The van der Waals surface area contributed by atoms with Crippen LogP contribution in [0.15, 0.2) is 22.7 Å². The van der Waals surface area contributed by atoms with Crippen LogP contribution in [0, 0.1) is 11.7 Å². The number of likely N-dealkylation sites (tertiary alicyclic amines) is 1. The molecule has 1 aliphatic rings. The van der Waals surface area contributed by atoms with E-state index in [0.29, 0.717) is 4.47 Å². The van der Waals surface area contributed by atoms with E-state index in [-0.39, 0.29) is 18.8 Å². The van der Waals surface area contributed by atoms with Crippen LogP contribution in [0.25, 0.3) is 0 Å². The minimum Gasteiger partial charge on any atom is -0.481 e. The number of halogens is 2. The number of carboxylic acids is 1. The average Bonchev–Trinajstić information content (AvgIpc) is 2.19. The molecule has 18 heavy (non-hydrogen) atoms. The first-order valence-electron chi connectivity index (χ1n) is 5.21. The van der Waals surface area contributed by atoms with Crippen molar-refractivity contribution < 1.29 is 19.1 Å². The summed E-state index contributed by atoms with van der Waals surface area (Å²) < 4.78 is 14.0. The number of hydrogen-bond donors (Lipinski definition) is 2. The van der Waals surface area contributed by atoms with Crippen LogP contribution in [-0.4, -0.2) is 35.1 Å². The molecule has 1 aliphatic heterocycles. The highest BCUT2D eigenvalue weighted by molar-refractivity contribution is 9.10. The van der Waals surface area contributed by atoms with Crippen molar-refractivity contribution in [2.45, 2.75) is 0 Å². The molecule has 0 radical (unpaired) electrons. The van der Waals surface area contributed by atoms with Crippen LogP contribution in [0.3, 0.4) is 0 Å². The Morgan fingerprint density at radius 2 is 2.11 bits per heavy atom. The quantitative estimate of drug-likeness (QED) is 0.878. The number of urea groups is 1. The van der Waals surface area contributed by atoms with Gasteiger partial charge in [-0.2, -0.15) is 0 Å². The van der Waals surface area contributed by atoms with Crippen molar-refractivity contribution in [1.82, 2.24) is 4.90 Å². The van der Waals surface area contributed by atoms with Crippen LogP contribution in [-0.2, 0) is 4.79 Å². The van der Waals surface area contributed by atoms with Gasteiger partial charge in [0.15, 0.2) is 0 Å². The van der Waals surface area contributed by atoms with E-state index in [1.165, 1.54) is 17.0 Å². The van der Waals surface area contributed by atoms with E-state index in [1.54, 1.807) is 6.07 Å². The predicted molar refractivity (Wildman–Crippen MR) is 65.8 cm³/mol. The lowest BCUT2D eigenvalue weighted by Gasteiger charge is -2.36. The van der Waals surface area contributed by atoms with E-state index in [4.69, 9.17) is 5.11 Å². The Morgan fingerprint density at radius 1 is 1.44 bits per heavy atom. The number of benzene rings is 1. The van der Waals surface area contributed by atoms with Gasteiger partial charge in [0.25, 0.3) is 0 Å². The molecule has 1 aromatic rings. The zero-order chi connectivity index (χ0) is 13.3. The molecule has 1 fully saturated rings. The summed E-state index contributed by atoms with van der Waals surface area (Å²) in [6.45, 7) is 0.304. The fourth-order valence-electron chi connectivity index (χ4n) is 1.59. The third-order valence-corrected chi connectivity index (χ3v) is 3.18. The second-order valence-corrected chi connectivity index (χ2v) is 4.91. The zero-order valence-corrected chi connectivity index (χ0v) is 10.8. The minimum atomic E-state index is -0.922. The van der Waals surface area contributed by atoms with Crippen LogP contribution >= 0.6 is 15.9 Å². The number of carbonyl (C=O) groups excluding carboxylic acids is 1. The largest absolute Gasteiger partial charge is 0.481 e. The SMILES string of the molecule is O=C(O)C1CN(C(=O)Nc2ccc(Br)cc2F)C1. The molecule has 2 N–H and O–H groups in total. The molecule has 2 rings (SSSR count). The number of rotatable bonds is 2. The molecular weight excluding hydrogens is 307 g/mol. The number of nitrogens with one attached hydrogen (secondary N) is 1. The highest BCUT2D eigenvalue weighted by atomic mass is 79.9. The molecule has 1 aromatic carbocycles. The van der Waals surface area contributed by atoms with Gasteiger partial charge in [-0.15, -0.1) is 0 Å². The Labute approximate surface area is 111 Å². The second-order valence-electron chi connectivity index (χ2n) is 3.99. The van der Waals surface area contributed by atoms with Gasteiger partial charge in [0, 0.05) is 17.6 Å².